The Labute approximate surface area is 240 Å². The highest BCUT2D eigenvalue weighted by molar-refractivity contribution is 6.14. The molecule has 5 rings (SSSR count). The largest absolute Gasteiger partial charge is 0.494 e. The van der Waals surface area contributed by atoms with Crippen molar-refractivity contribution in [3.63, 3.8) is 0 Å². The zero-order chi connectivity index (χ0) is 28.9. The molecule has 214 valence electrons. The fourth-order valence-electron chi connectivity index (χ4n) is 5.34. The Bertz CT molecular complexity index is 1500. The van der Waals surface area contributed by atoms with Crippen LogP contribution in [0.25, 0.3) is 10.9 Å². The lowest BCUT2D eigenvalue weighted by atomic mass is 9.91. The van der Waals surface area contributed by atoms with Crippen molar-refractivity contribution in [2.24, 2.45) is 22.0 Å². The van der Waals surface area contributed by atoms with Crippen LogP contribution in [0, 0.1) is 11.8 Å². The number of aryl methyl sites for hydroxylation is 1. The van der Waals surface area contributed by atoms with Gasteiger partial charge in [-0.25, -0.2) is 15.4 Å². The average molecular weight is 556 g/mol. The number of ether oxygens (including phenoxy) is 2. The number of unbranched alkanes of at least 4 members (excludes halogenated alkanes) is 1. The Morgan fingerprint density at radius 2 is 1.73 bits per heavy atom. The highest BCUT2D eigenvalue weighted by Gasteiger charge is 2.28. The van der Waals surface area contributed by atoms with Gasteiger partial charge >= 0.3 is 0 Å². The molecule has 0 radical (unpaired) electrons. The average Bonchev–Trinajstić information content (AvgIpc) is 2.97. The lowest BCUT2D eigenvalue weighted by Gasteiger charge is -2.28. The van der Waals surface area contributed by atoms with Gasteiger partial charge in [-0.1, -0.05) is 26.8 Å². The van der Waals surface area contributed by atoms with E-state index < -0.39 is 0 Å². The molecule has 9 heteroatoms. The van der Waals surface area contributed by atoms with Gasteiger partial charge in [0.2, 0.25) is 11.8 Å². The first kappa shape index (κ1) is 28.3. The fourth-order valence-corrected chi connectivity index (χ4v) is 5.34. The minimum Gasteiger partial charge on any atom is -0.494 e. The topological polar surface area (TPSA) is 105 Å². The molecule has 2 aromatic carbocycles. The lowest BCUT2D eigenvalue weighted by molar-refractivity contribution is -0.132. The van der Waals surface area contributed by atoms with Crippen LogP contribution >= 0.6 is 0 Å². The Morgan fingerprint density at radius 3 is 2.46 bits per heavy atom. The van der Waals surface area contributed by atoms with Gasteiger partial charge in [-0.15, -0.1) is 0 Å². The standard InChI is InChI=1S/C32H37N5O4/c1-5-23-10-13-26-25(14-15-27(40-4)32(26)33-23)31-21(3)19-29(39)37(36-31)16-6-7-17-41-24-11-8-22(9-12-24)30-20(2)18-28(38)34-35-30/h8-15,20-21H,5-7,16-19H2,1-4H3,(H,34,38). The molecule has 1 aromatic heterocycles. The van der Waals surface area contributed by atoms with Crippen molar-refractivity contribution in [3.8, 4) is 11.5 Å². The van der Waals surface area contributed by atoms with E-state index in [0.29, 0.717) is 26.0 Å². The van der Waals surface area contributed by atoms with Crippen LogP contribution in [-0.4, -0.2) is 53.5 Å². The van der Waals surface area contributed by atoms with E-state index in [4.69, 9.17) is 19.6 Å². The third-order valence-electron chi connectivity index (χ3n) is 7.64. The SMILES string of the molecule is CCc1ccc2c(C3=NN(CCCCOc4ccc(C5=NNC(=O)CC5C)cc4)C(=O)CC3C)ccc(OC)c2n1. The number of aromatic nitrogens is 1. The maximum Gasteiger partial charge on any atom is 0.243 e. The molecule has 0 fully saturated rings. The van der Waals surface area contributed by atoms with Gasteiger partial charge in [-0.05, 0) is 67.3 Å². The number of hydrogen-bond donors (Lipinski definition) is 1. The minimum atomic E-state index is -0.0547. The van der Waals surface area contributed by atoms with Crippen LogP contribution in [0.3, 0.4) is 0 Å². The van der Waals surface area contributed by atoms with Gasteiger partial charge in [0.1, 0.15) is 17.0 Å². The molecule has 1 N–H and O–H groups in total. The summed E-state index contributed by atoms with van der Waals surface area (Å²) < 4.78 is 11.5. The quantitative estimate of drug-likeness (QED) is 0.351. The van der Waals surface area contributed by atoms with Crippen molar-refractivity contribution in [1.82, 2.24) is 15.4 Å². The van der Waals surface area contributed by atoms with Gasteiger partial charge in [0.25, 0.3) is 0 Å². The molecule has 0 saturated carbocycles. The van der Waals surface area contributed by atoms with Crippen LogP contribution in [0.5, 0.6) is 11.5 Å². The first-order valence-electron chi connectivity index (χ1n) is 14.3. The highest BCUT2D eigenvalue weighted by atomic mass is 16.5. The molecular formula is C32H37N5O4. The predicted molar refractivity (Wildman–Crippen MR) is 159 cm³/mol. The fraction of sp³-hybridized carbons (Fsp3) is 0.406. The minimum absolute atomic E-state index is 0.00586. The van der Waals surface area contributed by atoms with Crippen molar-refractivity contribution in [2.75, 3.05) is 20.3 Å². The highest BCUT2D eigenvalue weighted by Crippen LogP contribution is 2.31. The number of hydrogen-bond acceptors (Lipinski definition) is 7. The molecule has 3 heterocycles. The smallest absolute Gasteiger partial charge is 0.243 e. The van der Waals surface area contributed by atoms with Crippen LogP contribution in [0.15, 0.2) is 58.7 Å². The summed E-state index contributed by atoms with van der Waals surface area (Å²) in [5.41, 5.74) is 8.12. The van der Waals surface area contributed by atoms with Crippen molar-refractivity contribution in [2.45, 2.75) is 52.9 Å². The molecule has 3 aromatic rings. The number of carbonyl (C=O) groups is 2. The van der Waals surface area contributed by atoms with E-state index in [9.17, 15) is 9.59 Å². The molecule has 0 saturated heterocycles. The van der Waals surface area contributed by atoms with E-state index in [2.05, 4.69) is 30.4 Å². The monoisotopic (exact) mass is 555 g/mol. The number of hydrazone groups is 2. The predicted octanol–water partition coefficient (Wildman–Crippen LogP) is 5.10. The molecule has 41 heavy (non-hydrogen) atoms. The zero-order valence-corrected chi connectivity index (χ0v) is 24.1. The van der Waals surface area contributed by atoms with Crippen molar-refractivity contribution in [1.29, 1.82) is 0 Å². The number of rotatable bonds is 10. The number of nitrogens with one attached hydrogen (secondary N) is 1. The number of amides is 2. The molecule has 2 amide bonds. The van der Waals surface area contributed by atoms with Gasteiger partial charge in [0, 0.05) is 47.9 Å². The van der Waals surface area contributed by atoms with Crippen LogP contribution in [0.1, 0.15) is 63.3 Å². The van der Waals surface area contributed by atoms with Crippen LogP contribution in [0.2, 0.25) is 0 Å². The second-order valence-corrected chi connectivity index (χ2v) is 10.7. The molecular weight excluding hydrogens is 518 g/mol. The molecule has 0 spiro atoms. The van der Waals surface area contributed by atoms with Gasteiger partial charge in [0.15, 0.2) is 0 Å². The van der Waals surface area contributed by atoms with Gasteiger partial charge in [-0.2, -0.15) is 10.2 Å². The maximum absolute atomic E-state index is 12.8. The Kier molecular flexibility index (Phi) is 8.61. The van der Waals surface area contributed by atoms with Gasteiger partial charge < -0.3 is 9.47 Å². The maximum atomic E-state index is 12.8. The molecule has 9 nitrogen and oxygen atoms in total. The van der Waals surface area contributed by atoms with Crippen LogP contribution in [0.4, 0.5) is 0 Å². The van der Waals surface area contributed by atoms with E-state index in [0.717, 1.165) is 69.9 Å². The van der Waals surface area contributed by atoms with Crippen LogP contribution in [-0.2, 0) is 16.0 Å². The molecule has 2 aliphatic heterocycles. The second-order valence-electron chi connectivity index (χ2n) is 10.7. The number of fused-ring (bicyclic) bond motifs is 1. The second kappa shape index (κ2) is 12.5. The summed E-state index contributed by atoms with van der Waals surface area (Å²) in [6.07, 6.45) is 3.26. The summed E-state index contributed by atoms with van der Waals surface area (Å²) in [6, 6.07) is 15.9. The Morgan fingerprint density at radius 1 is 0.951 bits per heavy atom. The van der Waals surface area contributed by atoms with Crippen molar-refractivity contribution in [3.05, 3.63) is 65.4 Å². The first-order chi connectivity index (χ1) is 19.9. The Hall–Kier alpha value is -4.27. The zero-order valence-electron chi connectivity index (χ0n) is 24.1. The number of methoxy groups -OCH3 is 1. The van der Waals surface area contributed by atoms with E-state index in [-0.39, 0.29) is 23.7 Å². The normalized spacial score (nSPS) is 19.1. The van der Waals surface area contributed by atoms with Crippen molar-refractivity contribution < 1.29 is 19.1 Å². The van der Waals surface area contributed by atoms with Gasteiger partial charge in [-0.3, -0.25) is 9.59 Å². The van der Waals surface area contributed by atoms with Gasteiger partial charge in [0.05, 0.1) is 25.1 Å². The number of nitrogens with zero attached hydrogens (tertiary/aromatic N) is 4. The van der Waals surface area contributed by atoms with E-state index in [1.165, 1.54) is 0 Å². The molecule has 0 bridgehead atoms. The summed E-state index contributed by atoms with van der Waals surface area (Å²) in [7, 11) is 1.66. The summed E-state index contributed by atoms with van der Waals surface area (Å²) in [5, 5.41) is 11.6. The van der Waals surface area contributed by atoms with Crippen LogP contribution < -0.4 is 14.9 Å². The third-order valence-corrected chi connectivity index (χ3v) is 7.64. The van der Waals surface area contributed by atoms with E-state index >= 15 is 0 Å². The van der Waals surface area contributed by atoms with E-state index in [1.54, 1.807) is 12.1 Å². The number of pyridine rings is 1. The Balaban J connectivity index is 1.20. The van der Waals surface area contributed by atoms with Crippen molar-refractivity contribution >= 4 is 34.1 Å². The molecule has 2 aliphatic rings. The summed E-state index contributed by atoms with van der Waals surface area (Å²) in [4.78, 5) is 29.2. The number of carbonyl (C=O) groups excluding carboxylic acids is 2. The van der Waals surface area contributed by atoms with E-state index in [1.807, 2.05) is 49.4 Å². The lowest BCUT2D eigenvalue weighted by Crippen LogP contribution is -2.37. The summed E-state index contributed by atoms with van der Waals surface area (Å²) in [6.45, 7) is 7.21. The number of benzene rings is 2. The summed E-state index contributed by atoms with van der Waals surface area (Å²) in [5.74, 6) is 1.58. The molecule has 2 unspecified atom stereocenters. The molecule has 0 aliphatic carbocycles. The summed E-state index contributed by atoms with van der Waals surface area (Å²) >= 11 is 0. The third kappa shape index (κ3) is 6.24. The molecule has 2 atom stereocenters. The first-order valence-corrected chi connectivity index (χ1v) is 14.3.